The van der Waals surface area contributed by atoms with Crippen molar-refractivity contribution in [3.63, 3.8) is 0 Å². The topological polar surface area (TPSA) is 20.2 Å². The molecule has 1 aromatic carbocycles. The fourth-order valence-electron chi connectivity index (χ4n) is 4.81. The van der Waals surface area contributed by atoms with E-state index in [0.29, 0.717) is 5.56 Å². The molecule has 23 heavy (non-hydrogen) atoms. The molecule has 0 atom stereocenters. The molecule has 2 aliphatic carbocycles. The monoisotopic (exact) mass is 322 g/mol. The van der Waals surface area contributed by atoms with Crippen LogP contribution in [0.2, 0.25) is 0 Å². The van der Waals surface area contributed by atoms with Crippen LogP contribution in [-0.4, -0.2) is 5.11 Å². The lowest BCUT2D eigenvalue weighted by Crippen LogP contribution is -2.25. The SMILES string of the molecule is CCC1CCC(C2CCC(c3cc(F)c(O)c(F)c3)CC2)CC1. The largest absolute Gasteiger partial charge is 0.503 e. The van der Waals surface area contributed by atoms with Gasteiger partial charge >= 0.3 is 0 Å². The molecule has 0 amide bonds. The summed E-state index contributed by atoms with van der Waals surface area (Å²) in [5.74, 6) is 0.325. The van der Waals surface area contributed by atoms with E-state index >= 15 is 0 Å². The first-order chi connectivity index (χ1) is 11.1. The van der Waals surface area contributed by atoms with Crippen molar-refractivity contribution in [2.45, 2.75) is 70.6 Å². The first kappa shape index (κ1) is 16.7. The maximum atomic E-state index is 13.5. The molecule has 2 fully saturated rings. The lowest BCUT2D eigenvalue weighted by molar-refractivity contribution is 0.158. The minimum absolute atomic E-state index is 0.239. The minimum atomic E-state index is -0.852. The van der Waals surface area contributed by atoms with Crippen molar-refractivity contribution in [3.05, 3.63) is 29.3 Å². The summed E-state index contributed by atoms with van der Waals surface area (Å²) in [5.41, 5.74) is 0.714. The van der Waals surface area contributed by atoms with E-state index in [-0.39, 0.29) is 5.92 Å². The van der Waals surface area contributed by atoms with Gasteiger partial charge in [0.25, 0.3) is 0 Å². The standard InChI is InChI=1S/C20H28F2O/c1-2-13-3-5-14(6-4-13)15-7-9-16(10-8-15)17-11-18(21)20(23)19(22)12-17/h11-16,23H,2-10H2,1H3. The summed E-state index contributed by atoms with van der Waals surface area (Å²) >= 11 is 0. The van der Waals surface area contributed by atoms with Crippen LogP contribution in [0.25, 0.3) is 0 Å². The molecular weight excluding hydrogens is 294 g/mol. The van der Waals surface area contributed by atoms with Crippen LogP contribution in [0, 0.1) is 29.4 Å². The molecule has 0 saturated heterocycles. The number of phenols is 1. The van der Waals surface area contributed by atoms with Gasteiger partial charge in [0.15, 0.2) is 17.4 Å². The summed E-state index contributed by atoms with van der Waals surface area (Å²) < 4.78 is 27.1. The van der Waals surface area contributed by atoms with Gasteiger partial charge in [-0.2, -0.15) is 0 Å². The third-order valence-electron chi connectivity index (χ3n) is 6.42. The van der Waals surface area contributed by atoms with Gasteiger partial charge in [0, 0.05) is 0 Å². The Bertz CT molecular complexity index is 503. The molecule has 0 spiro atoms. The Morgan fingerprint density at radius 1 is 0.870 bits per heavy atom. The average molecular weight is 322 g/mol. The Balaban J connectivity index is 1.56. The van der Waals surface area contributed by atoms with Gasteiger partial charge in [0.05, 0.1) is 0 Å². The van der Waals surface area contributed by atoms with Crippen LogP contribution in [0.1, 0.15) is 76.2 Å². The maximum Gasteiger partial charge on any atom is 0.187 e. The number of rotatable bonds is 3. The molecule has 0 radical (unpaired) electrons. The minimum Gasteiger partial charge on any atom is -0.503 e. The van der Waals surface area contributed by atoms with Crippen molar-refractivity contribution >= 4 is 0 Å². The molecule has 128 valence electrons. The molecule has 3 rings (SSSR count). The highest BCUT2D eigenvalue weighted by Crippen LogP contribution is 2.44. The molecule has 0 unspecified atom stereocenters. The van der Waals surface area contributed by atoms with Crippen molar-refractivity contribution in [3.8, 4) is 5.75 Å². The first-order valence-corrected chi connectivity index (χ1v) is 9.26. The predicted octanol–water partition coefficient (Wildman–Crippen LogP) is 6.16. The van der Waals surface area contributed by atoms with E-state index in [4.69, 9.17) is 0 Å². The Kier molecular flexibility index (Phi) is 5.23. The Morgan fingerprint density at radius 2 is 1.35 bits per heavy atom. The smallest absolute Gasteiger partial charge is 0.187 e. The molecule has 1 nitrogen and oxygen atoms in total. The zero-order valence-electron chi connectivity index (χ0n) is 14.0. The number of benzene rings is 1. The van der Waals surface area contributed by atoms with Gasteiger partial charge in [0.2, 0.25) is 0 Å². The number of hydrogen-bond donors (Lipinski definition) is 1. The molecule has 2 aliphatic rings. The number of halogens is 2. The first-order valence-electron chi connectivity index (χ1n) is 9.26. The van der Waals surface area contributed by atoms with Crippen molar-refractivity contribution < 1.29 is 13.9 Å². The molecule has 0 heterocycles. The average Bonchev–Trinajstić information content (AvgIpc) is 2.59. The lowest BCUT2D eigenvalue weighted by atomic mass is 9.68. The van der Waals surface area contributed by atoms with Crippen LogP contribution in [0.3, 0.4) is 0 Å². The van der Waals surface area contributed by atoms with Crippen LogP contribution in [0.15, 0.2) is 12.1 Å². The van der Waals surface area contributed by atoms with Crippen molar-refractivity contribution in [2.24, 2.45) is 17.8 Å². The van der Waals surface area contributed by atoms with Gasteiger partial charge < -0.3 is 5.11 Å². The predicted molar refractivity (Wildman–Crippen MR) is 88.5 cm³/mol. The molecule has 0 bridgehead atoms. The van der Waals surface area contributed by atoms with E-state index < -0.39 is 17.4 Å². The zero-order valence-corrected chi connectivity index (χ0v) is 14.0. The van der Waals surface area contributed by atoms with Gasteiger partial charge in [-0.15, -0.1) is 0 Å². The number of aromatic hydroxyl groups is 1. The van der Waals surface area contributed by atoms with E-state index in [1.807, 2.05) is 0 Å². The quantitative estimate of drug-likeness (QED) is 0.706. The molecule has 0 aliphatic heterocycles. The summed E-state index contributed by atoms with van der Waals surface area (Å²) in [7, 11) is 0. The molecular formula is C20H28F2O. The van der Waals surface area contributed by atoms with Crippen molar-refractivity contribution in [1.29, 1.82) is 0 Å². The lowest BCUT2D eigenvalue weighted by Gasteiger charge is -2.38. The number of hydrogen-bond acceptors (Lipinski definition) is 1. The van der Waals surface area contributed by atoms with Gasteiger partial charge in [0.1, 0.15) is 0 Å². The van der Waals surface area contributed by atoms with Crippen LogP contribution in [-0.2, 0) is 0 Å². The van der Waals surface area contributed by atoms with E-state index in [9.17, 15) is 13.9 Å². The maximum absolute atomic E-state index is 13.5. The van der Waals surface area contributed by atoms with E-state index in [1.54, 1.807) is 0 Å². The van der Waals surface area contributed by atoms with Crippen molar-refractivity contribution in [1.82, 2.24) is 0 Å². The van der Waals surface area contributed by atoms with Crippen LogP contribution in [0.5, 0.6) is 5.75 Å². The van der Waals surface area contributed by atoms with E-state index in [1.165, 1.54) is 57.1 Å². The Morgan fingerprint density at radius 3 is 1.83 bits per heavy atom. The molecule has 3 heteroatoms. The Hall–Kier alpha value is -1.12. The van der Waals surface area contributed by atoms with Crippen molar-refractivity contribution in [2.75, 3.05) is 0 Å². The van der Waals surface area contributed by atoms with E-state index in [0.717, 1.165) is 30.6 Å². The third kappa shape index (κ3) is 3.70. The highest BCUT2D eigenvalue weighted by atomic mass is 19.1. The Labute approximate surface area is 138 Å². The zero-order chi connectivity index (χ0) is 16.4. The second kappa shape index (κ2) is 7.19. The summed E-state index contributed by atoms with van der Waals surface area (Å²) in [6.45, 7) is 2.30. The highest BCUT2D eigenvalue weighted by molar-refractivity contribution is 5.32. The fraction of sp³-hybridized carbons (Fsp3) is 0.700. The van der Waals surface area contributed by atoms with Gasteiger partial charge in [-0.3, -0.25) is 0 Å². The van der Waals surface area contributed by atoms with Gasteiger partial charge in [-0.05, 0) is 79.9 Å². The second-order valence-corrected chi connectivity index (χ2v) is 7.63. The molecule has 2 saturated carbocycles. The van der Waals surface area contributed by atoms with Gasteiger partial charge in [-0.25, -0.2) is 8.78 Å². The van der Waals surface area contributed by atoms with Gasteiger partial charge in [-0.1, -0.05) is 26.2 Å². The van der Waals surface area contributed by atoms with Crippen LogP contribution >= 0.6 is 0 Å². The normalized spacial score (nSPS) is 32.0. The highest BCUT2D eigenvalue weighted by Gasteiger charge is 2.31. The second-order valence-electron chi connectivity index (χ2n) is 7.63. The molecule has 1 N–H and O–H groups in total. The number of phenolic OH excluding ortho intramolecular Hbond substituents is 1. The summed E-state index contributed by atoms with van der Waals surface area (Å²) in [6, 6.07) is 2.63. The molecule has 1 aromatic rings. The summed E-state index contributed by atoms with van der Waals surface area (Å²) in [4.78, 5) is 0. The molecule has 0 aromatic heterocycles. The van der Waals surface area contributed by atoms with Crippen LogP contribution < -0.4 is 0 Å². The summed E-state index contributed by atoms with van der Waals surface area (Å²) in [6.07, 6.45) is 11.2. The third-order valence-corrected chi connectivity index (χ3v) is 6.42. The fourth-order valence-corrected chi connectivity index (χ4v) is 4.81. The van der Waals surface area contributed by atoms with Crippen LogP contribution in [0.4, 0.5) is 8.78 Å². The summed E-state index contributed by atoms with van der Waals surface area (Å²) in [5, 5.41) is 9.23. The van der Waals surface area contributed by atoms with E-state index in [2.05, 4.69) is 6.92 Å².